The van der Waals surface area contributed by atoms with Crippen molar-refractivity contribution in [3.05, 3.63) is 299 Å². The first-order valence-electron chi connectivity index (χ1n) is 22.6. The summed E-state index contributed by atoms with van der Waals surface area (Å²) in [5.74, 6) is 1.45. The van der Waals surface area contributed by atoms with E-state index in [2.05, 4.69) is 265 Å². The zero-order valence-corrected chi connectivity index (χ0v) is 36.3. The highest BCUT2D eigenvalue weighted by atomic mass is 15.2. The van der Waals surface area contributed by atoms with Crippen molar-refractivity contribution >= 4 is 34.1 Å². The summed E-state index contributed by atoms with van der Waals surface area (Å²) in [6.45, 7) is 0. The van der Waals surface area contributed by atoms with E-state index in [1.54, 1.807) is 0 Å². The predicted molar refractivity (Wildman–Crippen MR) is 274 cm³/mol. The van der Waals surface area contributed by atoms with E-state index in [-0.39, 0.29) is 12.2 Å². The first-order valence-corrected chi connectivity index (χ1v) is 22.6. The van der Waals surface area contributed by atoms with Gasteiger partial charge in [0.05, 0.1) is 11.7 Å². The lowest BCUT2D eigenvalue weighted by Crippen LogP contribution is -2.33. The molecule has 2 aliphatic heterocycles. The molecule has 314 valence electrons. The molecule has 66 heavy (non-hydrogen) atoms. The van der Waals surface area contributed by atoms with Gasteiger partial charge < -0.3 is 10.6 Å². The van der Waals surface area contributed by atoms with E-state index in [4.69, 9.17) is 9.98 Å². The Balaban J connectivity index is 1.08. The van der Waals surface area contributed by atoms with Crippen molar-refractivity contribution in [2.75, 3.05) is 0 Å². The van der Waals surface area contributed by atoms with Crippen molar-refractivity contribution in [2.45, 2.75) is 12.2 Å². The topological polar surface area (TPSA) is 48.8 Å². The highest BCUT2D eigenvalue weighted by Crippen LogP contribution is 2.50. The first kappa shape index (κ1) is 40.2. The van der Waals surface area contributed by atoms with Crippen LogP contribution in [0.1, 0.15) is 56.7 Å². The summed E-state index contributed by atoms with van der Waals surface area (Å²) in [6.07, 6.45) is -0.374. The molecule has 9 aromatic carbocycles. The third kappa shape index (κ3) is 8.20. The van der Waals surface area contributed by atoms with Gasteiger partial charge in [-0.15, -0.1) is 0 Å². The molecule has 2 atom stereocenters. The van der Waals surface area contributed by atoms with Crippen LogP contribution in [0.15, 0.2) is 265 Å². The minimum absolute atomic E-state index is 0.133. The fourth-order valence-corrected chi connectivity index (χ4v) is 9.22. The number of amidine groups is 2. The van der Waals surface area contributed by atoms with E-state index < -0.39 is 0 Å². The van der Waals surface area contributed by atoms with E-state index in [0.29, 0.717) is 5.84 Å². The average Bonchev–Trinajstić information content (AvgIpc) is 3.42. The molecule has 4 nitrogen and oxygen atoms in total. The Morgan fingerprint density at radius 1 is 0.303 bits per heavy atom. The minimum Gasteiger partial charge on any atom is -0.373 e. The summed E-state index contributed by atoms with van der Waals surface area (Å²) in [5.41, 5.74) is 17.9. The van der Waals surface area contributed by atoms with Crippen LogP contribution in [-0.2, 0) is 0 Å². The molecule has 0 spiro atoms. The van der Waals surface area contributed by atoms with Gasteiger partial charge in [0.2, 0.25) is 0 Å². The standard InChI is InChI=1S/C62H46N4/c1-7-21-43(22-8-1)51-33-19-35-53(41-51)61-64-60(65-62(66-61)54-36-20-34-52(42-54)44-23-9-2-10-24-44)50-39-37-47(38-40-50)55-56(45-25-11-3-12-26-45)58(48-29-15-5-16-30-48)63-59(49-31-17-6-18-32-49)57(55)46-27-13-4-14-28-46/h1-42,58,61,63H,(H,64,65,66). The van der Waals surface area contributed by atoms with Gasteiger partial charge in [-0.3, -0.25) is 0 Å². The van der Waals surface area contributed by atoms with E-state index in [1.807, 2.05) is 0 Å². The maximum atomic E-state index is 5.37. The van der Waals surface area contributed by atoms with E-state index in [1.165, 1.54) is 16.7 Å². The zero-order valence-electron chi connectivity index (χ0n) is 36.3. The fraction of sp³-hybridized carbons (Fsp3) is 0.0323. The predicted octanol–water partition coefficient (Wildman–Crippen LogP) is 14.3. The van der Waals surface area contributed by atoms with Crippen LogP contribution in [-0.4, -0.2) is 11.7 Å². The largest absolute Gasteiger partial charge is 0.373 e. The highest BCUT2D eigenvalue weighted by Gasteiger charge is 2.33. The molecule has 0 saturated heterocycles. The maximum Gasteiger partial charge on any atom is 0.159 e. The van der Waals surface area contributed by atoms with Crippen molar-refractivity contribution in [1.29, 1.82) is 0 Å². The monoisotopic (exact) mass is 846 g/mol. The Morgan fingerprint density at radius 2 is 0.742 bits per heavy atom. The smallest absolute Gasteiger partial charge is 0.159 e. The summed E-state index contributed by atoms with van der Waals surface area (Å²) >= 11 is 0. The molecule has 9 aromatic rings. The van der Waals surface area contributed by atoms with Gasteiger partial charge in [0.25, 0.3) is 0 Å². The number of nitrogens with one attached hydrogen (secondary N) is 2. The summed E-state index contributed by atoms with van der Waals surface area (Å²) in [7, 11) is 0. The highest BCUT2D eigenvalue weighted by molar-refractivity contribution is 6.24. The molecule has 0 fully saturated rings. The molecule has 4 heteroatoms. The van der Waals surface area contributed by atoms with Crippen LogP contribution in [0.3, 0.4) is 0 Å². The third-order valence-corrected chi connectivity index (χ3v) is 12.4. The summed E-state index contributed by atoms with van der Waals surface area (Å²) in [6, 6.07) is 90.2. The number of aliphatic imine (C=N–C) groups is 2. The first-order chi connectivity index (χ1) is 32.7. The van der Waals surface area contributed by atoms with Crippen molar-refractivity contribution in [3.63, 3.8) is 0 Å². The molecule has 0 bridgehead atoms. The average molecular weight is 847 g/mol. The number of hydrogen-bond donors (Lipinski definition) is 2. The van der Waals surface area contributed by atoms with Crippen LogP contribution < -0.4 is 10.6 Å². The normalized spacial score (nSPS) is 15.9. The summed E-state index contributed by atoms with van der Waals surface area (Å²) in [4.78, 5) is 10.7. The number of allylic oxidation sites excluding steroid dienone is 2. The van der Waals surface area contributed by atoms with Gasteiger partial charge in [-0.2, -0.15) is 0 Å². The Kier molecular flexibility index (Phi) is 11.1. The summed E-state index contributed by atoms with van der Waals surface area (Å²) < 4.78 is 0. The number of rotatable bonds is 10. The minimum atomic E-state index is -0.374. The quantitative estimate of drug-likeness (QED) is 0.144. The lowest BCUT2D eigenvalue weighted by atomic mass is 9.77. The molecule has 2 aliphatic rings. The lowest BCUT2D eigenvalue weighted by Gasteiger charge is -2.36. The van der Waals surface area contributed by atoms with Crippen LogP contribution in [0, 0.1) is 0 Å². The van der Waals surface area contributed by atoms with Crippen molar-refractivity contribution in [2.24, 2.45) is 9.98 Å². The van der Waals surface area contributed by atoms with E-state index in [0.717, 1.165) is 78.3 Å². The molecule has 0 amide bonds. The van der Waals surface area contributed by atoms with Crippen LogP contribution in [0.2, 0.25) is 0 Å². The van der Waals surface area contributed by atoms with Crippen LogP contribution in [0.25, 0.3) is 44.7 Å². The molecule has 2 unspecified atom stereocenters. The zero-order chi connectivity index (χ0) is 44.1. The van der Waals surface area contributed by atoms with E-state index in [9.17, 15) is 0 Å². The SMILES string of the molecule is c1ccc(C2=C(c3ccccc3)C(c3ccc(C4=NC(c5cccc(-c6ccccc6)c5)NC(c5cccc(-c6ccccc6)c5)=N4)cc3)=C(c3ccccc3)C(c3ccccc3)N2)cc1. The maximum absolute atomic E-state index is 5.37. The van der Waals surface area contributed by atoms with Gasteiger partial charge in [-0.1, -0.05) is 243 Å². The van der Waals surface area contributed by atoms with Gasteiger partial charge in [0.1, 0.15) is 12.0 Å². The number of benzene rings is 9. The molecule has 0 saturated carbocycles. The lowest BCUT2D eigenvalue weighted by molar-refractivity contribution is 0.674. The van der Waals surface area contributed by atoms with Crippen molar-refractivity contribution < 1.29 is 0 Å². The second-order valence-corrected chi connectivity index (χ2v) is 16.6. The third-order valence-electron chi connectivity index (χ3n) is 12.4. The van der Waals surface area contributed by atoms with Crippen molar-refractivity contribution in [1.82, 2.24) is 10.6 Å². The van der Waals surface area contributed by atoms with Crippen molar-refractivity contribution in [3.8, 4) is 22.3 Å². The number of dihydropyridines is 1. The molecular formula is C62H46N4. The number of nitrogens with zero attached hydrogens (tertiary/aromatic N) is 2. The van der Waals surface area contributed by atoms with Crippen LogP contribution in [0.4, 0.5) is 0 Å². The Bertz CT molecular complexity index is 3250. The second-order valence-electron chi connectivity index (χ2n) is 16.6. The molecule has 2 N–H and O–H groups in total. The van der Waals surface area contributed by atoms with Gasteiger partial charge in [0, 0.05) is 16.7 Å². The molecule has 0 aromatic heterocycles. The molecule has 2 heterocycles. The number of hydrogen-bond acceptors (Lipinski definition) is 4. The van der Waals surface area contributed by atoms with Gasteiger partial charge in [0.15, 0.2) is 5.84 Å². The van der Waals surface area contributed by atoms with Crippen LogP contribution >= 0.6 is 0 Å². The Morgan fingerprint density at radius 3 is 1.35 bits per heavy atom. The summed E-state index contributed by atoms with van der Waals surface area (Å²) in [5, 5.41) is 7.83. The Labute approximate surface area is 386 Å². The molecule has 0 aliphatic carbocycles. The molecular weight excluding hydrogens is 801 g/mol. The van der Waals surface area contributed by atoms with Crippen LogP contribution in [0.5, 0.6) is 0 Å². The second kappa shape index (κ2) is 18.2. The molecule has 11 rings (SSSR count). The van der Waals surface area contributed by atoms with Gasteiger partial charge in [-0.05, 0) is 78.9 Å². The van der Waals surface area contributed by atoms with Gasteiger partial charge >= 0.3 is 0 Å². The Hall–Kier alpha value is -8.60. The van der Waals surface area contributed by atoms with E-state index >= 15 is 0 Å². The fourth-order valence-electron chi connectivity index (χ4n) is 9.22. The van der Waals surface area contributed by atoms with Gasteiger partial charge in [-0.25, -0.2) is 9.98 Å². The molecule has 0 radical (unpaired) electrons.